The van der Waals surface area contributed by atoms with Crippen LogP contribution in [0.1, 0.15) is 67.5 Å². The average molecular weight is 351 g/mol. The second-order valence-corrected chi connectivity index (χ2v) is 5.56. The molecule has 0 radical (unpaired) electrons. The van der Waals surface area contributed by atoms with Gasteiger partial charge >= 0.3 is 0 Å². The summed E-state index contributed by atoms with van der Waals surface area (Å²) in [7, 11) is 0. The Morgan fingerprint density at radius 2 is 1.68 bits per heavy atom. The van der Waals surface area contributed by atoms with Crippen LogP contribution in [0.5, 0.6) is 0 Å². The van der Waals surface area contributed by atoms with Crippen molar-refractivity contribution < 1.29 is 4.79 Å². The minimum absolute atomic E-state index is 0.0660. The van der Waals surface area contributed by atoms with Gasteiger partial charge in [0.15, 0.2) is 3.92 Å². The summed E-state index contributed by atoms with van der Waals surface area (Å²) in [5.74, 6) is 0.0660. The highest BCUT2D eigenvalue weighted by atomic mass is 79.9. The summed E-state index contributed by atoms with van der Waals surface area (Å²) >= 11 is 4.79. The molecule has 2 rings (SSSR count). The third kappa shape index (κ3) is 4.56. The van der Waals surface area contributed by atoms with Gasteiger partial charge in [0.05, 0.1) is 11.1 Å². The maximum Gasteiger partial charge on any atom is 0.237 e. The summed E-state index contributed by atoms with van der Waals surface area (Å²) in [4.78, 5) is 15.9. The van der Waals surface area contributed by atoms with E-state index in [1.807, 2.05) is 55.4 Å². The molecule has 3 nitrogen and oxygen atoms in total. The number of hydrogen-bond donors (Lipinski definition) is 1. The molecular formula is C14H27BrN2OS. The fourth-order valence-corrected chi connectivity index (χ4v) is 2.91. The van der Waals surface area contributed by atoms with Crippen molar-refractivity contribution in [1.82, 2.24) is 4.98 Å². The first kappa shape index (κ1) is 20.9. The number of nitrogens with one attached hydrogen (secondary N) is 1. The highest BCUT2D eigenvalue weighted by Gasteiger charge is 2.44. The number of halogens is 1. The smallest absolute Gasteiger partial charge is 0.237 e. The van der Waals surface area contributed by atoms with Crippen LogP contribution in [0.25, 0.3) is 0 Å². The van der Waals surface area contributed by atoms with E-state index < -0.39 is 5.41 Å². The Hall–Kier alpha value is -0.420. The standard InChI is InChI=1S/C8H9BrN2OS.3C2H6/c1-3-8(2)4-5(11-6(8)12)13-7(9)10-4;3*1-2/h3H2,1-2H3,(H,11,12);3*1-2H3. The predicted octanol–water partition coefficient (Wildman–Crippen LogP) is 5.60. The van der Waals surface area contributed by atoms with Gasteiger partial charge < -0.3 is 5.32 Å². The second kappa shape index (κ2) is 10.4. The number of amides is 1. The van der Waals surface area contributed by atoms with Gasteiger partial charge in [0, 0.05) is 0 Å². The lowest BCUT2D eigenvalue weighted by molar-refractivity contribution is -0.120. The van der Waals surface area contributed by atoms with Gasteiger partial charge in [-0.05, 0) is 29.3 Å². The lowest BCUT2D eigenvalue weighted by Gasteiger charge is -2.16. The van der Waals surface area contributed by atoms with Crippen molar-refractivity contribution in [3.8, 4) is 0 Å². The number of rotatable bonds is 1. The molecule has 0 saturated carbocycles. The third-order valence-electron chi connectivity index (χ3n) is 2.56. The maximum absolute atomic E-state index is 11.6. The molecule has 1 aromatic rings. The van der Waals surface area contributed by atoms with Crippen LogP contribution in [0.15, 0.2) is 3.92 Å². The molecule has 1 N–H and O–H groups in total. The van der Waals surface area contributed by atoms with E-state index >= 15 is 0 Å². The van der Waals surface area contributed by atoms with Gasteiger partial charge in [0.25, 0.3) is 0 Å². The highest BCUT2D eigenvalue weighted by molar-refractivity contribution is 9.11. The van der Waals surface area contributed by atoms with Gasteiger partial charge in [-0.25, -0.2) is 4.98 Å². The molecule has 1 aromatic heterocycles. The Morgan fingerprint density at radius 1 is 1.21 bits per heavy atom. The Balaban J connectivity index is 0. The van der Waals surface area contributed by atoms with Gasteiger partial charge in [0.2, 0.25) is 5.91 Å². The first-order chi connectivity index (χ1) is 9.08. The van der Waals surface area contributed by atoms with Crippen molar-refractivity contribution in [2.24, 2.45) is 0 Å². The number of aromatic nitrogens is 1. The van der Waals surface area contributed by atoms with E-state index in [1.165, 1.54) is 11.3 Å². The molecular weight excluding hydrogens is 324 g/mol. The molecule has 2 heterocycles. The maximum atomic E-state index is 11.6. The average Bonchev–Trinajstić information content (AvgIpc) is 2.94. The normalized spacial score (nSPS) is 18.7. The number of carbonyl (C=O) groups excluding carboxylic acids is 1. The fourth-order valence-electron chi connectivity index (χ4n) is 1.43. The van der Waals surface area contributed by atoms with E-state index in [0.29, 0.717) is 0 Å². The van der Waals surface area contributed by atoms with E-state index in [2.05, 4.69) is 26.2 Å². The van der Waals surface area contributed by atoms with Crippen LogP contribution in [0.2, 0.25) is 0 Å². The Kier molecular flexibility index (Phi) is 11.4. The fraction of sp³-hybridized carbons (Fsp3) is 0.714. The Morgan fingerprint density at radius 3 is 2.11 bits per heavy atom. The highest BCUT2D eigenvalue weighted by Crippen LogP contribution is 2.43. The van der Waals surface area contributed by atoms with Gasteiger partial charge in [-0.3, -0.25) is 4.79 Å². The van der Waals surface area contributed by atoms with Crippen LogP contribution >= 0.6 is 27.3 Å². The molecule has 0 fully saturated rings. The second-order valence-electron chi connectivity index (χ2n) is 3.28. The third-order valence-corrected chi connectivity index (χ3v) is 3.98. The molecule has 5 heteroatoms. The monoisotopic (exact) mass is 350 g/mol. The molecule has 0 spiro atoms. The lowest BCUT2D eigenvalue weighted by atomic mass is 9.86. The van der Waals surface area contributed by atoms with Crippen LogP contribution in [0.4, 0.5) is 5.00 Å². The Bertz CT molecular complexity index is 380. The number of anilines is 1. The minimum Gasteiger partial charge on any atom is -0.315 e. The Labute approximate surface area is 130 Å². The summed E-state index contributed by atoms with van der Waals surface area (Å²) in [5, 5.41) is 3.74. The molecule has 1 amide bonds. The number of fused-ring (bicyclic) bond motifs is 1. The van der Waals surface area contributed by atoms with Crippen molar-refractivity contribution in [2.45, 2.75) is 67.2 Å². The molecule has 1 atom stereocenters. The molecule has 0 aliphatic carbocycles. The molecule has 19 heavy (non-hydrogen) atoms. The van der Waals surface area contributed by atoms with Crippen molar-refractivity contribution in [3.05, 3.63) is 9.61 Å². The summed E-state index contributed by atoms with van der Waals surface area (Å²) in [6.07, 6.45) is 0.780. The van der Waals surface area contributed by atoms with Gasteiger partial charge in [-0.1, -0.05) is 59.8 Å². The topological polar surface area (TPSA) is 42.0 Å². The van der Waals surface area contributed by atoms with Crippen LogP contribution in [0.3, 0.4) is 0 Å². The first-order valence-electron chi connectivity index (χ1n) is 7.06. The van der Waals surface area contributed by atoms with Gasteiger partial charge in [0.1, 0.15) is 5.00 Å². The van der Waals surface area contributed by atoms with E-state index in [0.717, 1.165) is 21.0 Å². The SMILES string of the molecule is CC.CC.CC.CCC1(C)C(=O)Nc2sc(Br)nc21. The largest absolute Gasteiger partial charge is 0.315 e. The summed E-state index contributed by atoms with van der Waals surface area (Å²) in [5.41, 5.74) is 0.453. The summed E-state index contributed by atoms with van der Waals surface area (Å²) in [6, 6.07) is 0. The first-order valence-corrected chi connectivity index (χ1v) is 8.67. The van der Waals surface area contributed by atoms with E-state index in [-0.39, 0.29) is 5.91 Å². The van der Waals surface area contributed by atoms with Crippen molar-refractivity contribution in [2.75, 3.05) is 5.32 Å². The van der Waals surface area contributed by atoms with Crippen LogP contribution in [-0.2, 0) is 10.2 Å². The zero-order chi connectivity index (χ0) is 15.6. The number of thiazole rings is 1. The molecule has 1 aliphatic rings. The number of carbonyl (C=O) groups is 1. The van der Waals surface area contributed by atoms with E-state index in [1.54, 1.807) is 0 Å². The van der Waals surface area contributed by atoms with Gasteiger partial charge in [-0.15, -0.1) is 0 Å². The molecule has 1 aliphatic heterocycles. The van der Waals surface area contributed by atoms with E-state index in [9.17, 15) is 4.79 Å². The quantitative estimate of drug-likeness (QED) is 0.715. The van der Waals surface area contributed by atoms with Crippen molar-refractivity contribution in [1.29, 1.82) is 0 Å². The van der Waals surface area contributed by atoms with Crippen LogP contribution in [-0.4, -0.2) is 10.9 Å². The van der Waals surface area contributed by atoms with Crippen LogP contribution < -0.4 is 5.32 Å². The van der Waals surface area contributed by atoms with Crippen LogP contribution in [0, 0.1) is 0 Å². The number of nitrogens with zero attached hydrogens (tertiary/aromatic N) is 1. The van der Waals surface area contributed by atoms with E-state index in [4.69, 9.17) is 0 Å². The van der Waals surface area contributed by atoms with Crippen molar-refractivity contribution >= 4 is 38.2 Å². The number of hydrogen-bond acceptors (Lipinski definition) is 3. The summed E-state index contributed by atoms with van der Waals surface area (Å²) < 4.78 is 0.831. The van der Waals surface area contributed by atoms with Crippen molar-refractivity contribution in [3.63, 3.8) is 0 Å². The molecule has 0 saturated heterocycles. The molecule has 0 bridgehead atoms. The minimum atomic E-state index is -0.433. The summed E-state index contributed by atoms with van der Waals surface area (Å²) in [6.45, 7) is 15.9. The zero-order valence-electron chi connectivity index (χ0n) is 13.3. The predicted molar refractivity (Wildman–Crippen MR) is 90.1 cm³/mol. The zero-order valence-corrected chi connectivity index (χ0v) is 15.8. The van der Waals surface area contributed by atoms with Gasteiger partial charge in [-0.2, -0.15) is 0 Å². The molecule has 1 unspecified atom stereocenters. The molecule has 0 aromatic carbocycles. The lowest BCUT2D eigenvalue weighted by Crippen LogP contribution is -2.30. The molecule has 112 valence electrons.